The van der Waals surface area contributed by atoms with E-state index in [0.717, 1.165) is 43.9 Å². The molecule has 1 N–H and O–H groups in total. The van der Waals surface area contributed by atoms with Gasteiger partial charge in [-0.15, -0.1) is 0 Å². The summed E-state index contributed by atoms with van der Waals surface area (Å²) in [5.74, 6) is 1.76. The number of amides is 1. The Labute approximate surface area is 170 Å². The van der Waals surface area contributed by atoms with Gasteiger partial charge in [-0.1, -0.05) is 12.1 Å². The number of aryl methyl sites for hydroxylation is 1. The molecule has 1 aromatic carbocycles. The fourth-order valence-electron chi connectivity index (χ4n) is 3.99. The number of hydrogen-bond donors (Lipinski definition) is 1. The van der Waals surface area contributed by atoms with Crippen LogP contribution in [-0.4, -0.2) is 43.5 Å². The van der Waals surface area contributed by atoms with E-state index < -0.39 is 0 Å². The van der Waals surface area contributed by atoms with Crippen LogP contribution in [0.15, 0.2) is 61.2 Å². The molecule has 0 spiro atoms. The normalized spacial score (nSPS) is 16.7. The molecule has 1 amide bonds. The van der Waals surface area contributed by atoms with Gasteiger partial charge in [-0.05, 0) is 54.7 Å². The van der Waals surface area contributed by atoms with Crippen LogP contribution in [0.4, 0.5) is 0 Å². The van der Waals surface area contributed by atoms with Gasteiger partial charge in [0.25, 0.3) is 0 Å². The first-order valence-corrected chi connectivity index (χ1v) is 10.1. The first-order valence-electron chi connectivity index (χ1n) is 10.1. The highest BCUT2D eigenvalue weighted by Gasteiger charge is 2.27. The molecule has 4 rings (SSSR count). The summed E-state index contributed by atoms with van der Waals surface area (Å²) in [6, 6.07) is 11.1. The van der Waals surface area contributed by atoms with E-state index in [9.17, 15) is 9.90 Å². The van der Waals surface area contributed by atoms with Crippen molar-refractivity contribution in [3.63, 3.8) is 0 Å². The topological polar surface area (TPSA) is 71.2 Å². The molecule has 6 nitrogen and oxygen atoms in total. The molecule has 0 unspecified atom stereocenters. The third-order valence-corrected chi connectivity index (χ3v) is 5.55. The summed E-state index contributed by atoms with van der Waals surface area (Å²) >= 11 is 0. The number of aromatic nitrogens is 3. The standard InChI is InChI=1S/C23H26N4O2/c28-21-6-3-18(4-7-21)5-8-22(29)26-14-1-2-20(17-26)23-25-13-15-27(23)16-19-9-11-24-12-10-19/h3-4,6-7,9-13,15,20,28H,1-2,5,8,14,16-17H2/t20-/m1/s1. The number of imidazole rings is 1. The predicted octanol–water partition coefficient (Wildman–Crippen LogP) is 3.37. The summed E-state index contributed by atoms with van der Waals surface area (Å²) in [5.41, 5.74) is 2.26. The average Bonchev–Trinajstić information content (AvgIpc) is 3.22. The highest BCUT2D eigenvalue weighted by Crippen LogP contribution is 2.27. The molecule has 6 heteroatoms. The zero-order valence-corrected chi connectivity index (χ0v) is 16.4. The van der Waals surface area contributed by atoms with Crippen LogP contribution in [0.3, 0.4) is 0 Å². The molecule has 150 valence electrons. The minimum Gasteiger partial charge on any atom is -0.508 e. The van der Waals surface area contributed by atoms with E-state index in [1.807, 2.05) is 41.6 Å². The van der Waals surface area contributed by atoms with E-state index in [1.165, 1.54) is 5.56 Å². The predicted molar refractivity (Wildman–Crippen MR) is 111 cm³/mol. The molecule has 0 saturated carbocycles. The van der Waals surface area contributed by atoms with Crippen molar-refractivity contribution in [2.45, 2.75) is 38.1 Å². The minimum absolute atomic E-state index is 0.190. The molecule has 1 saturated heterocycles. The lowest BCUT2D eigenvalue weighted by molar-refractivity contribution is -0.132. The Bertz CT molecular complexity index is 937. The fourth-order valence-corrected chi connectivity index (χ4v) is 3.99. The van der Waals surface area contributed by atoms with Gasteiger partial charge in [-0.25, -0.2) is 4.98 Å². The van der Waals surface area contributed by atoms with Crippen molar-refractivity contribution < 1.29 is 9.90 Å². The molecule has 3 heterocycles. The Kier molecular flexibility index (Phi) is 5.89. The number of pyridine rings is 1. The summed E-state index contributed by atoms with van der Waals surface area (Å²) in [4.78, 5) is 23.5. The van der Waals surface area contributed by atoms with Gasteiger partial charge in [-0.2, -0.15) is 0 Å². The van der Waals surface area contributed by atoms with Crippen molar-refractivity contribution in [2.24, 2.45) is 0 Å². The van der Waals surface area contributed by atoms with Gasteiger partial charge >= 0.3 is 0 Å². The summed E-state index contributed by atoms with van der Waals surface area (Å²) in [7, 11) is 0. The van der Waals surface area contributed by atoms with Crippen LogP contribution < -0.4 is 0 Å². The maximum absolute atomic E-state index is 12.8. The third-order valence-electron chi connectivity index (χ3n) is 5.55. The van der Waals surface area contributed by atoms with Gasteiger partial charge in [0.05, 0.1) is 0 Å². The quantitative estimate of drug-likeness (QED) is 0.700. The van der Waals surface area contributed by atoms with E-state index in [4.69, 9.17) is 0 Å². The SMILES string of the molecule is O=C(CCc1ccc(O)cc1)N1CCC[C@@H](c2nccn2Cc2ccncc2)C1. The minimum atomic E-state index is 0.190. The Morgan fingerprint density at radius 1 is 1.07 bits per heavy atom. The highest BCUT2D eigenvalue weighted by molar-refractivity contribution is 5.76. The van der Waals surface area contributed by atoms with Crippen LogP contribution >= 0.6 is 0 Å². The number of phenols is 1. The molecule has 2 aromatic heterocycles. The first-order chi connectivity index (χ1) is 14.2. The van der Waals surface area contributed by atoms with Crippen LogP contribution in [0.25, 0.3) is 0 Å². The van der Waals surface area contributed by atoms with Crippen molar-refractivity contribution in [2.75, 3.05) is 13.1 Å². The van der Waals surface area contributed by atoms with Crippen LogP contribution in [-0.2, 0) is 17.8 Å². The number of benzene rings is 1. The lowest BCUT2D eigenvalue weighted by atomic mass is 9.96. The molecule has 0 bridgehead atoms. The second-order valence-electron chi connectivity index (χ2n) is 7.61. The second kappa shape index (κ2) is 8.90. The molecule has 1 fully saturated rings. The Morgan fingerprint density at radius 2 is 1.86 bits per heavy atom. The number of hydrogen-bond acceptors (Lipinski definition) is 4. The van der Waals surface area contributed by atoms with Gasteiger partial charge in [-0.3, -0.25) is 9.78 Å². The smallest absolute Gasteiger partial charge is 0.222 e. The molecular formula is C23H26N4O2. The van der Waals surface area contributed by atoms with Gasteiger partial charge < -0.3 is 14.6 Å². The molecule has 0 aliphatic carbocycles. The van der Waals surface area contributed by atoms with Crippen molar-refractivity contribution in [3.05, 3.63) is 78.1 Å². The maximum atomic E-state index is 12.8. The number of phenolic OH excluding ortho intramolecular Hbond substituents is 1. The monoisotopic (exact) mass is 390 g/mol. The van der Waals surface area contributed by atoms with Gasteiger partial charge in [0, 0.05) is 56.8 Å². The molecule has 0 radical (unpaired) electrons. The number of rotatable bonds is 6. The molecule has 29 heavy (non-hydrogen) atoms. The number of carbonyl (C=O) groups is 1. The lowest BCUT2D eigenvalue weighted by Crippen LogP contribution is -2.39. The Balaban J connectivity index is 1.38. The number of carbonyl (C=O) groups excluding carboxylic acids is 1. The number of nitrogens with zero attached hydrogens (tertiary/aromatic N) is 4. The van der Waals surface area contributed by atoms with E-state index in [2.05, 4.69) is 14.5 Å². The molecule has 1 atom stereocenters. The van der Waals surface area contributed by atoms with Crippen molar-refractivity contribution in [3.8, 4) is 5.75 Å². The second-order valence-corrected chi connectivity index (χ2v) is 7.61. The van der Waals surface area contributed by atoms with E-state index in [0.29, 0.717) is 12.8 Å². The largest absolute Gasteiger partial charge is 0.508 e. The van der Waals surface area contributed by atoms with E-state index in [1.54, 1.807) is 24.5 Å². The molecule has 3 aromatic rings. The van der Waals surface area contributed by atoms with Crippen molar-refractivity contribution in [1.82, 2.24) is 19.4 Å². The van der Waals surface area contributed by atoms with Crippen molar-refractivity contribution >= 4 is 5.91 Å². The molecule has 1 aliphatic rings. The summed E-state index contributed by atoms with van der Waals surface area (Å²) < 4.78 is 2.18. The summed E-state index contributed by atoms with van der Waals surface area (Å²) in [5, 5.41) is 9.39. The number of aromatic hydroxyl groups is 1. The van der Waals surface area contributed by atoms with Crippen molar-refractivity contribution in [1.29, 1.82) is 0 Å². The van der Waals surface area contributed by atoms with Crippen LogP contribution in [0, 0.1) is 0 Å². The van der Waals surface area contributed by atoms with E-state index >= 15 is 0 Å². The lowest BCUT2D eigenvalue weighted by Gasteiger charge is -2.33. The summed E-state index contributed by atoms with van der Waals surface area (Å²) in [6.07, 6.45) is 10.7. The third kappa shape index (κ3) is 4.83. The van der Waals surface area contributed by atoms with E-state index in [-0.39, 0.29) is 17.6 Å². The highest BCUT2D eigenvalue weighted by atomic mass is 16.3. The fraction of sp³-hybridized carbons (Fsp3) is 0.348. The van der Waals surface area contributed by atoms with Gasteiger partial charge in [0.2, 0.25) is 5.91 Å². The number of likely N-dealkylation sites (tertiary alicyclic amines) is 1. The zero-order chi connectivity index (χ0) is 20.1. The van der Waals surface area contributed by atoms with Crippen LogP contribution in [0.1, 0.15) is 42.1 Å². The number of piperidine rings is 1. The Hall–Kier alpha value is -3.15. The molecule has 1 aliphatic heterocycles. The van der Waals surface area contributed by atoms with Crippen LogP contribution in [0.2, 0.25) is 0 Å². The average molecular weight is 390 g/mol. The zero-order valence-electron chi connectivity index (χ0n) is 16.4. The molecular weight excluding hydrogens is 364 g/mol. The van der Waals surface area contributed by atoms with Crippen LogP contribution in [0.5, 0.6) is 5.75 Å². The van der Waals surface area contributed by atoms with Gasteiger partial charge in [0.1, 0.15) is 11.6 Å². The van der Waals surface area contributed by atoms with Gasteiger partial charge in [0.15, 0.2) is 0 Å². The first kappa shape index (κ1) is 19.2. The Morgan fingerprint density at radius 3 is 2.66 bits per heavy atom. The maximum Gasteiger partial charge on any atom is 0.222 e. The summed E-state index contributed by atoms with van der Waals surface area (Å²) in [6.45, 7) is 2.31.